The lowest BCUT2D eigenvalue weighted by atomic mass is 10.2. The number of aliphatic carboxylic acids is 1. The average molecular weight is 388 g/mol. The molecule has 0 aromatic heterocycles. The summed E-state index contributed by atoms with van der Waals surface area (Å²) in [6, 6.07) is 3.06. The normalized spacial score (nSPS) is 16.1. The molecular weight excluding hydrogens is 374 g/mol. The number of amides is 1. The number of thioether (sulfide) groups is 1. The van der Waals surface area contributed by atoms with Crippen LogP contribution in [0.2, 0.25) is 5.02 Å². The number of carbonyl (C=O) groups excluding carboxylic acids is 1. The molecule has 0 atom stereocenters. The number of carboxylic acid groups (broad SMARTS) is 1. The Balaban J connectivity index is 2.19. The molecule has 9 heteroatoms. The fraction of sp³-hybridized carbons (Fsp3) is 0.267. The maximum atomic E-state index is 12.4. The molecule has 0 saturated carbocycles. The van der Waals surface area contributed by atoms with Gasteiger partial charge in [-0.05, 0) is 30.2 Å². The maximum Gasteiger partial charge on any atom is 0.303 e. The SMILES string of the molecule is COc1cc(C=C2SC(=S)N(CCCC(=O)O)C2=O)cc(Cl)c1O. The number of nitrogens with zero attached hydrogens (tertiary/aromatic N) is 1. The second kappa shape index (κ2) is 7.87. The predicted molar refractivity (Wildman–Crippen MR) is 96.4 cm³/mol. The van der Waals surface area contributed by atoms with Gasteiger partial charge in [0.2, 0.25) is 0 Å². The smallest absolute Gasteiger partial charge is 0.303 e. The molecule has 6 nitrogen and oxygen atoms in total. The molecule has 24 heavy (non-hydrogen) atoms. The van der Waals surface area contributed by atoms with E-state index in [9.17, 15) is 14.7 Å². The lowest BCUT2D eigenvalue weighted by Crippen LogP contribution is -2.29. The molecule has 0 bridgehead atoms. The van der Waals surface area contributed by atoms with Crippen LogP contribution in [0.15, 0.2) is 17.0 Å². The summed E-state index contributed by atoms with van der Waals surface area (Å²) >= 11 is 12.2. The van der Waals surface area contributed by atoms with Crippen LogP contribution in [0.5, 0.6) is 11.5 Å². The van der Waals surface area contributed by atoms with E-state index >= 15 is 0 Å². The van der Waals surface area contributed by atoms with Gasteiger partial charge in [0, 0.05) is 13.0 Å². The average Bonchev–Trinajstić information content (AvgIpc) is 2.77. The van der Waals surface area contributed by atoms with Crippen molar-refractivity contribution in [1.29, 1.82) is 0 Å². The first kappa shape index (κ1) is 18.6. The van der Waals surface area contributed by atoms with Crippen LogP contribution < -0.4 is 4.74 Å². The molecule has 2 N–H and O–H groups in total. The summed E-state index contributed by atoms with van der Waals surface area (Å²) in [4.78, 5) is 24.7. The summed E-state index contributed by atoms with van der Waals surface area (Å²) in [6.45, 7) is 0.258. The Morgan fingerprint density at radius 1 is 1.50 bits per heavy atom. The third-order valence-corrected chi connectivity index (χ3v) is 4.88. The Labute approximate surface area is 153 Å². The quantitative estimate of drug-likeness (QED) is 0.572. The molecule has 0 spiro atoms. The van der Waals surface area contributed by atoms with E-state index in [1.165, 1.54) is 18.1 Å². The van der Waals surface area contributed by atoms with Crippen molar-refractivity contribution < 1.29 is 24.5 Å². The molecule has 0 aliphatic carbocycles. The summed E-state index contributed by atoms with van der Waals surface area (Å²) in [5, 5.41) is 18.5. The highest BCUT2D eigenvalue weighted by Crippen LogP contribution is 2.38. The van der Waals surface area contributed by atoms with Gasteiger partial charge in [-0.15, -0.1) is 0 Å². The van der Waals surface area contributed by atoms with Gasteiger partial charge in [-0.2, -0.15) is 0 Å². The molecule has 2 rings (SSSR count). The number of carboxylic acids is 1. The van der Waals surface area contributed by atoms with Gasteiger partial charge in [-0.3, -0.25) is 14.5 Å². The lowest BCUT2D eigenvalue weighted by molar-refractivity contribution is -0.137. The van der Waals surface area contributed by atoms with Crippen molar-refractivity contribution in [2.75, 3.05) is 13.7 Å². The van der Waals surface area contributed by atoms with E-state index in [1.54, 1.807) is 12.1 Å². The van der Waals surface area contributed by atoms with E-state index in [4.69, 9.17) is 33.7 Å². The minimum Gasteiger partial charge on any atom is -0.503 e. The highest BCUT2D eigenvalue weighted by molar-refractivity contribution is 8.26. The molecule has 1 aliphatic heterocycles. The molecule has 1 aromatic rings. The Hall–Kier alpha value is -1.77. The van der Waals surface area contributed by atoms with Crippen LogP contribution >= 0.6 is 35.6 Å². The molecule has 1 heterocycles. The van der Waals surface area contributed by atoms with E-state index in [0.717, 1.165) is 11.8 Å². The molecule has 0 radical (unpaired) electrons. The van der Waals surface area contributed by atoms with Gasteiger partial charge in [-0.1, -0.05) is 35.6 Å². The number of benzene rings is 1. The second-order valence-corrected chi connectivity index (χ2v) is 6.97. The van der Waals surface area contributed by atoms with E-state index in [1.807, 2.05) is 0 Å². The minimum absolute atomic E-state index is 0.0269. The molecule has 128 valence electrons. The zero-order valence-electron chi connectivity index (χ0n) is 12.6. The fourth-order valence-corrected chi connectivity index (χ4v) is 3.59. The van der Waals surface area contributed by atoms with Crippen molar-refractivity contribution in [2.24, 2.45) is 0 Å². The third kappa shape index (κ3) is 4.19. The molecule has 1 aliphatic rings. The van der Waals surface area contributed by atoms with Crippen molar-refractivity contribution >= 4 is 57.9 Å². The molecule has 1 amide bonds. The first-order chi connectivity index (χ1) is 11.3. The van der Waals surface area contributed by atoms with Gasteiger partial charge < -0.3 is 14.9 Å². The van der Waals surface area contributed by atoms with Gasteiger partial charge in [0.15, 0.2) is 11.5 Å². The van der Waals surface area contributed by atoms with Gasteiger partial charge in [0.25, 0.3) is 5.91 Å². The number of aromatic hydroxyl groups is 1. The molecule has 1 saturated heterocycles. The Morgan fingerprint density at radius 2 is 2.21 bits per heavy atom. The molecule has 0 unspecified atom stereocenters. The van der Waals surface area contributed by atoms with Gasteiger partial charge in [0.1, 0.15) is 4.32 Å². The molecule has 1 aromatic carbocycles. The van der Waals surface area contributed by atoms with E-state index in [0.29, 0.717) is 21.2 Å². The number of methoxy groups -OCH3 is 1. The molecule has 1 fully saturated rings. The second-order valence-electron chi connectivity index (χ2n) is 4.88. The minimum atomic E-state index is -0.915. The van der Waals surface area contributed by atoms with Crippen molar-refractivity contribution in [3.8, 4) is 11.5 Å². The number of ether oxygens (including phenoxy) is 1. The van der Waals surface area contributed by atoms with Crippen LogP contribution in [0.25, 0.3) is 6.08 Å². The number of halogens is 1. The number of thiocarbonyl (C=S) groups is 1. The maximum absolute atomic E-state index is 12.4. The zero-order chi connectivity index (χ0) is 17.9. The number of phenols is 1. The fourth-order valence-electron chi connectivity index (χ4n) is 2.07. The Kier molecular flexibility index (Phi) is 6.09. The Bertz CT molecular complexity index is 735. The number of hydrogen-bond donors (Lipinski definition) is 2. The van der Waals surface area contributed by atoms with E-state index in [-0.39, 0.29) is 35.4 Å². The number of hydrogen-bond acceptors (Lipinski definition) is 6. The van der Waals surface area contributed by atoms with Crippen LogP contribution in [0, 0.1) is 0 Å². The van der Waals surface area contributed by atoms with Crippen LogP contribution in [0.4, 0.5) is 0 Å². The largest absolute Gasteiger partial charge is 0.503 e. The third-order valence-electron chi connectivity index (χ3n) is 3.21. The van der Waals surface area contributed by atoms with Gasteiger partial charge >= 0.3 is 5.97 Å². The van der Waals surface area contributed by atoms with Gasteiger partial charge in [-0.25, -0.2) is 0 Å². The van der Waals surface area contributed by atoms with Crippen LogP contribution in [-0.2, 0) is 9.59 Å². The van der Waals surface area contributed by atoms with Crippen molar-refractivity contribution in [3.63, 3.8) is 0 Å². The van der Waals surface area contributed by atoms with Crippen LogP contribution in [-0.4, -0.2) is 45.0 Å². The number of rotatable bonds is 6. The number of phenolic OH excluding ortho intramolecular Hbond substituents is 1. The summed E-state index contributed by atoms with van der Waals surface area (Å²) in [7, 11) is 1.40. The predicted octanol–water partition coefficient (Wildman–Crippen LogP) is 3.12. The summed E-state index contributed by atoms with van der Waals surface area (Å²) in [5.41, 5.74) is 0.584. The standard InChI is InChI=1S/C15H14ClNO5S2/c1-22-10-6-8(5-9(16)13(10)20)7-11-14(21)17(15(23)24-11)4-2-3-12(18)19/h5-7,20H,2-4H2,1H3,(H,18,19). The highest BCUT2D eigenvalue weighted by atomic mass is 35.5. The Morgan fingerprint density at radius 3 is 2.83 bits per heavy atom. The van der Waals surface area contributed by atoms with Gasteiger partial charge in [0.05, 0.1) is 17.0 Å². The van der Waals surface area contributed by atoms with E-state index < -0.39 is 5.97 Å². The highest BCUT2D eigenvalue weighted by Gasteiger charge is 2.31. The zero-order valence-corrected chi connectivity index (χ0v) is 15.0. The van der Waals surface area contributed by atoms with Crippen molar-refractivity contribution in [1.82, 2.24) is 4.90 Å². The summed E-state index contributed by atoms with van der Waals surface area (Å²) < 4.78 is 5.41. The summed E-state index contributed by atoms with van der Waals surface area (Å²) in [6.07, 6.45) is 1.90. The monoisotopic (exact) mass is 387 g/mol. The number of carbonyl (C=O) groups is 2. The topological polar surface area (TPSA) is 87.1 Å². The molecular formula is C15H14ClNO5S2. The lowest BCUT2D eigenvalue weighted by Gasteiger charge is -2.13. The van der Waals surface area contributed by atoms with Crippen molar-refractivity contribution in [3.05, 3.63) is 27.6 Å². The van der Waals surface area contributed by atoms with Crippen LogP contribution in [0.1, 0.15) is 18.4 Å². The first-order valence-corrected chi connectivity index (χ1v) is 8.47. The van der Waals surface area contributed by atoms with Crippen molar-refractivity contribution in [2.45, 2.75) is 12.8 Å². The summed E-state index contributed by atoms with van der Waals surface area (Å²) in [5.74, 6) is -1.16. The first-order valence-electron chi connectivity index (χ1n) is 6.87. The van der Waals surface area contributed by atoms with Crippen LogP contribution in [0.3, 0.4) is 0 Å². The van der Waals surface area contributed by atoms with E-state index in [2.05, 4.69) is 0 Å².